The van der Waals surface area contributed by atoms with Crippen LogP contribution >= 0.6 is 0 Å². The van der Waals surface area contributed by atoms with Gasteiger partial charge in [0.2, 0.25) is 0 Å². The molecule has 11 atom stereocenters. The lowest BCUT2D eigenvalue weighted by Crippen LogP contribution is -2.68. The van der Waals surface area contributed by atoms with Gasteiger partial charge in [-0.1, -0.05) is 20.8 Å². The normalized spacial score (nSPS) is 35.5. The SMILES string of the molecule is COC(=O)CC[C@@H](C)C1CC[C@H]2[C@H]3C(CC(NC(=O)OC(C)(C)C)C12C)C1(C)CC[C@@H](NC(=O)OC(C)(C)C)C[C@H]1C[C@H]3NC(=O)OC(C)(C)C. The molecule has 3 N–H and O–H groups in total. The molecular weight excluding hydrogens is 650 g/mol. The highest BCUT2D eigenvalue weighted by Crippen LogP contribution is 2.68. The molecule has 0 aromatic heterocycles. The lowest BCUT2D eigenvalue weighted by Gasteiger charge is -2.65. The first kappa shape index (κ1) is 41.0. The molecule has 0 aromatic rings. The van der Waals surface area contributed by atoms with Gasteiger partial charge in [0.15, 0.2) is 0 Å². The molecule has 5 unspecified atom stereocenters. The van der Waals surface area contributed by atoms with Crippen molar-refractivity contribution in [2.24, 2.45) is 46.3 Å². The predicted octanol–water partition coefficient (Wildman–Crippen LogP) is 8.13. The van der Waals surface area contributed by atoms with Crippen LogP contribution in [0.1, 0.15) is 141 Å². The lowest BCUT2D eigenvalue weighted by atomic mass is 9.42. The first-order chi connectivity index (χ1) is 23.4. The Morgan fingerprint density at radius 3 is 1.82 bits per heavy atom. The van der Waals surface area contributed by atoms with Crippen molar-refractivity contribution < 1.29 is 38.1 Å². The third-order valence-corrected chi connectivity index (χ3v) is 12.8. The molecular formula is C40H69N3O8. The standard InChI is InChI=1S/C40H69N3O8/c1-23(14-17-31(44)48-13)26-15-16-27-32-28(22-30(40(26,27)12)43-35(47)51-38(8,9)10)39(11)19-18-25(41-33(45)49-36(2,3)4)20-24(39)21-29(32)42-34(46)50-37(5,6)7/h23-30,32H,14-22H2,1-13H3,(H,41,45)(H,42,46)(H,43,47)/t23-,24+,25-,26?,27+,28?,29-,30?,32+,39?,40?/m1/s1. The first-order valence-corrected chi connectivity index (χ1v) is 19.4. The van der Waals surface area contributed by atoms with E-state index in [-0.39, 0.29) is 70.4 Å². The van der Waals surface area contributed by atoms with Crippen molar-refractivity contribution in [2.45, 2.75) is 176 Å². The van der Waals surface area contributed by atoms with Crippen molar-refractivity contribution in [1.82, 2.24) is 16.0 Å². The highest BCUT2D eigenvalue weighted by molar-refractivity contribution is 5.70. The third kappa shape index (κ3) is 9.64. The Hall–Kier alpha value is -2.72. The van der Waals surface area contributed by atoms with Crippen LogP contribution in [0.25, 0.3) is 0 Å². The van der Waals surface area contributed by atoms with Gasteiger partial charge in [-0.05, 0) is 160 Å². The Morgan fingerprint density at radius 2 is 1.27 bits per heavy atom. The first-order valence-electron chi connectivity index (χ1n) is 19.4. The predicted molar refractivity (Wildman–Crippen MR) is 196 cm³/mol. The monoisotopic (exact) mass is 720 g/mol. The fourth-order valence-corrected chi connectivity index (χ4v) is 10.8. The summed E-state index contributed by atoms with van der Waals surface area (Å²) in [6, 6.07) is -0.339. The summed E-state index contributed by atoms with van der Waals surface area (Å²) >= 11 is 0. The summed E-state index contributed by atoms with van der Waals surface area (Å²) in [5.41, 5.74) is -2.26. The zero-order chi connectivity index (χ0) is 38.3. The number of carbonyl (C=O) groups excluding carboxylic acids is 4. The van der Waals surface area contributed by atoms with Crippen LogP contribution in [0.5, 0.6) is 0 Å². The van der Waals surface area contributed by atoms with Crippen molar-refractivity contribution >= 4 is 24.2 Å². The fraction of sp³-hybridized carbons (Fsp3) is 0.900. The molecule has 51 heavy (non-hydrogen) atoms. The van der Waals surface area contributed by atoms with Crippen LogP contribution in [0.3, 0.4) is 0 Å². The summed E-state index contributed by atoms with van der Waals surface area (Å²) < 4.78 is 22.3. The van der Waals surface area contributed by atoms with Crippen molar-refractivity contribution in [3.05, 3.63) is 0 Å². The highest BCUT2D eigenvalue weighted by atomic mass is 16.6. The van der Waals surface area contributed by atoms with Gasteiger partial charge in [0, 0.05) is 24.5 Å². The third-order valence-electron chi connectivity index (χ3n) is 12.8. The van der Waals surface area contributed by atoms with Crippen LogP contribution in [0.2, 0.25) is 0 Å². The van der Waals surface area contributed by atoms with Gasteiger partial charge in [0.05, 0.1) is 7.11 Å². The van der Waals surface area contributed by atoms with Crippen LogP contribution < -0.4 is 16.0 Å². The van der Waals surface area contributed by atoms with Gasteiger partial charge in [0.1, 0.15) is 16.8 Å². The van der Waals surface area contributed by atoms with Crippen LogP contribution in [0.4, 0.5) is 14.4 Å². The minimum Gasteiger partial charge on any atom is -0.469 e. The van der Waals surface area contributed by atoms with Crippen LogP contribution in [0.15, 0.2) is 0 Å². The number of esters is 1. The van der Waals surface area contributed by atoms with E-state index in [9.17, 15) is 19.2 Å². The number of hydrogen-bond donors (Lipinski definition) is 3. The number of rotatable bonds is 7. The van der Waals surface area contributed by atoms with Crippen LogP contribution in [0, 0.1) is 46.3 Å². The number of alkyl carbamates (subject to hydrolysis) is 3. The number of fused-ring (bicyclic) bond motifs is 5. The van der Waals surface area contributed by atoms with Crippen LogP contribution in [-0.2, 0) is 23.7 Å². The van der Waals surface area contributed by atoms with Gasteiger partial charge in [-0.3, -0.25) is 4.79 Å². The average Bonchev–Trinajstić information content (AvgIpc) is 3.32. The molecule has 0 saturated heterocycles. The van der Waals surface area contributed by atoms with Gasteiger partial charge >= 0.3 is 24.2 Å². The van der Waals surface area contributed by atoms with E-state index in [4.69, 9.17) is 18.9 Å². The van der Waals surface area contributed by atoms with E-state index in [1.54, 1.807) is 0 Å². The molecule has 4 fully saturated rings. The Labute approximate surface area is 307 Å². The van der Waals surface area contributed by atoms with E-state index in [1.807, 2.05) is 62.3 Å². The molecule has 3 amide bonds. The van der Waals surface area contributed by atoms with Crippen molar-refractivity contribution in [2.75, 3.05) is 7.11 Å². The molecule has 11 heteroatoms. The summed E-state index contributed by atoms with van der Waals surface area (Å²) in [6.07, 6.45) is 5.84. The molecule has 0 aliphatic heterocycles. The Bertz CT molecular complexity index is 1280. The molecule has 4 aliphatic carbocycles. The molecule has 4 rings (SSSR count). The van der Waals surface area contributed by atoms with Crippen molar-refractivity contribution in [3.8, 4) is 0 Å². The lowest BCUT2D eigenvalue weighted by molar-refractivity contribution is -0.145. The van der Waals surface area contributed by atoms with Gasteiger partial charge in [-0.15, -0.1) is 0 Å². The van der Waals surface area contributed by atoms with Gasteiger partial charge in [0.25, 0.3) is 0 Å². The summed E-state index contributed by atoms with van der Waals surface area (Å²) in [5.74, 6) is 1.03. The second-order valence-corrected chi connectivity index (χ2v) is 19.7. The molecule has 4 saturated carbocycles. The summed E-state index contributed by atoms with van der Waals surface area (Å²) in [4.78, 5) is 52.2. The summed E-state index contributed by atoms with van der Waals surface area (Å²) in [5, 5.41) is 9.92. The largest absolute Gasteiger partial charge is 0.469 e. The molecule has 4 aliphatic rings. The minimum absolute atomic E-state index is 0.0345. The second-order valence-electron chi connectivity index (χ2n) is 19.7. The van der Waals surface area contributed by atoms with Gasteiger partial charge < -0.3 is 34.9 Å². The number of carbonyl (C=O) groups is 4. The van der Waals surface area contributed by atoms with E-state index in [1.165, 1.54) is 7.11 Å². The maximum Gasteiger partial charge on any atom is 0.407 e. The number of amides is 3. The quantitative estimate of drug-likeness (QED) is 0.177. The molecule has 292 valence electrons. The number of methoxy groups -OCH3 is 1. The summed E-state index contributed by atoms with van der Waals surface area (Å²) in [7, 11) is 1.43. The second kappa shape index (κ2) is 15.0. The zero-order valence-electron chi connectivity index (χ0n) is 33.8. The van der Waals surface area contributed by atoms with E-state index >= 15 is 0 Å². The van der Waals surface area contributed by atoms with E-state index in [0.717, 1.165) is 44.9 Å². The number of hydrogen-bond acceptors (Lipinski definition) is 8. The Kier molecular flexibility index (Phi) is 12.0. The molecule has 0 bridgehead atoms. The topological polar surface area (TPSA) is 141 Å². The van der Waals surface area contributed by atoms with Crippen molar-refractivity contribution in [1.29, 1.82) is 0 Å². The highest BCUT2D eigenvalue weighted by Gasteiger charge is 2.66. The van der Waals surface area contributed by atoms with E-state index in [2.05, 4.69) is 36.7 Å². The number of nitrogens with one attached hydrogen (secondary N) is 3. The Morgan fingerprint density at radius 1 is 0.725 bits per heavy atom. The average molecular weight is 720 g/mol. The van der Waals surface area contributed by atoms with Gasteiger partial charge in [-0.25, -0.2) is 14.4 Å². The fourth-order valence-electron chi connectivity index (χ4n) is 10.8. The maximum absolute atomic E-state index is 13.6. The van der Waals surface area contributed by atoms with Crippen LogP contribution in [-0.4, -0.2) is 66.3 Å². The van der Waals surface area contributed by atoms with Gasteiger partial charge in [-0.2, -0.15) is 0 Å². The smallest absolute Gasteiger partial charge is 0.407 e. The molecule has 0 radical (unpaired) electrons. The molecule has 0 spiro atoms. The Balaban J connectivity index is 1.73. The summed E-state index contributed by atoms with van der Waals surface area (Å²) in [6.45, 7) is 23.8. The molecule has 11 nitrogen and oxygen atoms in total. The molecule has 0 heterocycles. The van der Waals surface area contributed by atoms with E-state index < -0.39 is 35.1 Å². The zero-order valence-corrected chi connectivity index (χ0v) is 33.8. The van der Waals surface area contributed by atoms with E-state index in [0.29, 0.717) is 12.8 Å². The molecule has 0 aromatic carbocycles. The number of ether oxygens (including phenoxy) is 4. The maximum atomic E-state index is 13.6. The minimum atomic E-state index is -0.645. The van der Waals surface area contributed by atoms with Crippen molar-refractivity contribution in [3.63, 3.8) is 0 Å².